The molecule has 4 heteroatoms. The van der Waals surface area contributed by atoms with Crippen LogP contribution in [0.2, 0.25) is 0 Å². The minimum absolute atomic E-state index is 0.0490. The molecule has 0 unspecified atom stereocenters. The van der Waals surface area contributed by atoms with Crippen LogP contribution in [-0.4, -0.2) is 39.0 Å². The van der Waals surface area contributed by atoms with E-state index in [0.29, 0.717) is 12.6 Å². The first-order valence-electron chi connectivity index (χ1n) is 7.77. The predicted octanol–water partition coefficient (Wildman–Crippen LogP) is 3.26. The second kappa shape index (κ2) is 10.5. The average Bonchev–Trinajstić information content (AvgIpc) is 2.49. The molecule has 0 bridgehead atoms. The molecule has 0 spiro atoms. The highest BCUT2D eigenvalue weighted by Gasteiger charge is 2.09. The standard InChI is InChI=1S/C17H29NO3/c1-5-6-11-20-15-7-9-16(10-8-15)21-13-17(19-4)12-18-14(2)3/h7-10,14,17-18H,5-6,11-13H2,1-4H3/t17-/m0/s1. The maximum Gasteiger partial charge on any atom is 0.119 e. The van der Waals surface area contributed by atoms with Gasteiger partial charge in [-0.05, 0) is 30.7 Å². The van der Waals surface area contributed by atoms with E-state index >= 15 is 0 Å². The number of ether oxygens (including phenoxy) is 3. The van der Waals surface area contributed by atoms with Gasteiger partial charge in [0, 0.05) is 19.7 Å². The smallest absolute Gasteiger partial charge is 0.119 e. The zero-order valence-electron chi connectivity index (χ0n) is 13.7. The number of benzene rings is 1. The maximum absolute atomic E-state index is 5.75. The van der Waals surface area contributed by atoms with Crippen molar-refractivity contribution in [3.8, 4) is 11.5 Å². The van der Waals surface area contributed by atoms with Crippen molar-refractivity contribution in [3.05, 3.63) is 24.3 Å². The minimum Gasteiger partial charge on any atom is -0.494 e. The van der Waals surface area contributed by atoms with Crippen LogP contribution in [0.15, 0.2) is 24.3 Å². The monoisotopic (exact) mass is 295 g/mol. The topological polar surface area (TPSA) is 39.7 Å². The van der Waals surface area contributed by atoms with Crippen molar-refractivity contribution in [1.29, 1.82) is 0 Å². The fraction of sp³-hybridized carbons (Fsp3) is 0.647. The summed E-state index contributed by atoms with van der Waals surface area (Å²) >= 11 is 0. The van der Waals surface area contributed by atoms with Crippen molar-refractivity contribution in [1.82, 2.24) is 5.32 Å². The Kier molecular flexibility index (Phi) is 8.87. The second-order valence-corrected chi connectivity index (χ2v) is 5.41. The first-order valence-corrected chi connectivity index (χ1v) is 7.77. The van der Waals surface area contributed by atoms with Crippen molar-refractivity contribution in [3.63, 3.8) is 0 Å². The molecule has 1 rings (SSSR count). The third kappa shape index (κ3) is 7.93. The van der Waals surface area contributed by atoms with Crippen molar-refractivity contribution < 1.29 is 14.2 Å². The summed E-state index contributed by atoms with van der Waals surface area (Å²) in [6.07, 6.45) is 2.27. The molecular formula is C17H29NO3. The lowest BCUT2D eigenvalue weighted by molar-refractivity contribution is 0.0567. The summed E-state index contributed by atoms with van der Waals surface area (Å²) in [6.45, 7) is 8.47. The van der Waals surface area contributed by atoms with E-state index in [0.717, 1.165) is 37.5 Å². The van der Waals surface area contributed by atoms with Gasteiger partial charge in [-0.2, -0.15) is 0 Å². The van der Waals surface area contributed by atoms with Gasteiger partial charge in [0.15, 0.2) is 0 Å². The maximum atomic E-state index is 5.75. The van der Waals surface area contributed by atoms with E-state index in [9.17, 15) is 0 Å². The van der Waals surface area contributed by atoms with Crippen LogP contribution in [-0.2, 0) is 4.74 Å². The number of rotatable bonds is 11. The van der Waals surface area contributed by atoms with Crippen LogP contribution in [0.1, 0.15) is 33.6 Å². The molecule has 0 aliphatic heterocycles. The first-order chi connectivity index (χ1) is 10.2. The molecule has 0 heterocycles. The highest BCUT2D eigenvalue weighted by Crippen LogP contribution is 2.18. The van der Waals surface area contributed by atoms with E-state index in [1.807, 2.05) is 24.3 Å². The molecule has 1 N–H and O–H groups in total. The van der Waals surface area contributed by atoms with E-state index in [4.69, 9.17) is 14.2 Å². The van der Waals surface area contributed by atoms with Gasteiger partial charge in [0.05, 0.1) is 6.61 Å². The summed E-state index contributed by atoms with van der Waals surface area (Å²) in [5.41, 5.74) is 0. The third-order valence-corrected chi connectivity index (χ3v) is 3.11. The summed E-state index contributed by atoms with van der Waals surface area (Å²) in [5, 5.41) is 3.35. The van der Waals surface area contributed by atoms with Gasteiger partial charge in [-0.1, -0.05) is 27.2 Å². The largest absolute Gasteiger partial charge is 0.494 e. The van der Waals surface area contributed by atoms with Gasteiger partial charge in [0.2, 0.25) is 0 Å². The molecule has 0 saturated heterocycles. The molecule has 21 heavy (non-hydrogen) atoms. The Morgan fingerprint density at radius 1 is 1.05 bits per heavy atom. The van der Waals surface area contributed by atoms with Crippen LogP contribution in [0.3, 0.4) is 0 Å². The summed E-state index contributed by atoms with van der Waals surface area (Å²) in [5.74, 6) is 1.73. The Morgan fingerprint density at radius 3 is 2.19 bits per heavy atom. The van der Waals surface area contributed by atoms with Crippen LogP contribution >= 0.6 is 0 Å². The first kappa shape index (κ1) is 17.8. The van der Waals surface area contributed by atoms with Gasteiger partial charge in [-0.15, -0.1) is 0 Å². The molecule has 0 fully saturated rings. The number of methoxy groups -OCH3 is 1. The van der Waals surface area contributed by atoms with E-state index in [1.165, 1.54) is 0 Å². The lowest BCUT2D eigenvalue weighted by atomic mass is 10.3. The van der Waals surface area contributed by atoms with E-state index in [2.05, 4.69) is 26.1 Å². The van der Waals surface area contributed by atoms with E-state index in [1.54, 1.807) is 7.11 Å². The van der Waals surface area contributed by atoms with Gasteiger partial charge in [-0.3, -0.25) is 0 Å². The number of nitrogens with one attached hydrogen (secondary N) is 1. The van der Waals surface area contributed by atoms with Gasteiger partial charge in [0.25, 0.3) is 0 Å². The quantitative estimate of drug-likeness (QED) is 0.636. The summed E-state index contributed by atoms with van der Waals surface area (Å²) in [7, 11) is 1.71. The molecule has 1 aromatic rings. The summed E-state index contributed by atoms with van der Waals surface area (Å²) in [6, 6.07) is 8.20. The molecule has 0 amide bonds. The normalized spacial score (nSPS) is 12.4. The Morgan fingerprint density at radius 2 is 1.67 bits per heavy atom. The lowest BCUT2D eigenvalue weighted by Gasteiger charge is -2.18. The van der Waals surface area contributed by atoms with Gasteiger partial charge < -0.3 is 19.5 Å². The Balaban J connectivity index is 2.33. The fourth-order valence-electron chi connectivity index (χ4n) is 1.73. The molecule has 0 aromatic heterocycles. The van der Waals surface area contributed by atoms with Gasteiger partial charge in [-0.25, -0.2) is 0 Å². The number of hydrogen-bond acceptors (Lipinski definition) is 4. The molecular weight excluding hydrogens is 266 g/mol. The highest BCUT2D eigenvalue weighted by molar-refractivity contribution is 5.31. The number of hydrogen-bond donors (Lipinski definition) is 1. The average molecular weight is 295 g/mol. The molecule has 0 saturated carbocycles. The fourth-order valence-corrected chi connectivity index (χ4v) is 1.73. The molecule has 0 aliphatic carbocycles. The molecule has 0 radical (unpaired) electrons. The van der Waals surface area contributed by atoms with Crippen LogP contribution in [0.25, 0.3) is 0 Å². The van der Waals surface area contributed by atoms with Gasteiger partial charge >= 0.3 is 0 Å². The minimum atomic E-state index is 0.0490. The lowest BCUT2D eigenvalue weighted by Crippen LogP contribution is -2.36. The van der Waals surface area contributed by atoms with Crippen molar-refractivity contribution in [2.45, 2.75) is 45.8 Å². The summed E-state index contributed by atoms with van der Waals surface area (Å²) < 4.78 is 16.8. The molecule has 1 atom stereocenters. The zero-order valence-corrected chi connectivity index (χ0v) is 13.7. The van der Waals surface area contributed by atoms with E-state index < -0.39 is 0 Å². The van der Waals surface area contributed by atoms with Crippen molar-refractivity contribution in [2.24, 2.45) is 0 Å². The highest BCUT2D eigenvalue weighted by atomic mass is 16.5. The zero-order chi connectivity index (χ0) is 15.5. The third-order valence-electron chi connectivity index (χ3n) is 3.11. The SMILES string of the molecule is CCCCOc1ccc(OC[C@H](CNC(C)C)OC)cc1. The second-order valence-electron chi connectivity index (χ2n) is 5.41. The van der Waals surface area contributed by atoms with Crippen LogP contribution < -0.4 is 14.8 Å². The van der Waals surface area contributed by atoms with Crippen LogP contribution in [0.5, 0.6) is 11.5 Å². The van der Waals surface area contributed by atoms with E-state index in [-0.39, 0.29) is 6.10 Å². The van der Waals surface area contributed by atoms with Gasteiger partial charge in [0.1, 0.15) is 24.2 Å². The molecule has 4 nitrogen and oxygen atoms in total. The van der Waals surface area contributed by atoms with Crippen molar-refractivity contribution >= 4 is 0 Å². The Labute approximate surface area is 128 Å². The van der Waals surface area contributed by atoms with Crippen molar-refractivity contribution in [2.75, 3.05) is 26.9 Å². The molecule has 1 aromatic carbocycles. The number of unbranched alkanes of at least 4 members (excludes halogenated alkanes) is 1. The predicted molar refractivity (Wildman–Crippen MR) is 86.3 cm³/mol. The Hall–Kier alpha value is -1.26. The Bertz CT molecular complexity index is 365. The van der Waals surface area contributed by atoms with Crippen LogP contribution in [0, 0.1) is 0 Å². The molecule has 0 aliphatic rings. The molecule has 120 valence electrons. The van der Waals surface area contributed by atoms with Crippen LogP contribution in [0.4, 0.5) is 0 Å². The summed E-state index contributed by atoms with van der Waals surface area (Å²) in [4.78, 5) is 0.